The van der Waals surface area contributed by atoms with E-state index < -0.39 is 0 Å². The van der Waals surface area contributed by atoms with Crippen molar-refractivity contribution in [1.29, 1.82) is 0 Å². The Morgan fingerprint density at radius 3 is 2.90 bits per heavy atom. The van der Waals surface area contributed by atoms with Crippen molar-refractivity contribution in [2.45, 2.75) is 38.6 Å². The summed E-state index contributed by atoms with van der Waals surface area (Å²) in [5.41, 5.74) is 4.01. The van der Waals surface area contributed by atoms with E-state index in [0.29, 0.717) is 11.4 Å². The van der Waals surface area contributed by atoms with Crippen LogP contribution < -0.4 is 16.6 Å². The van der Waals surface area contributed by atoms with Crippen LogP contribution in [0.4, 0.5) is 5.82 Å². The van der Waals surface area contributed by atoms with Crippen LogP contribution in [0.5, 0.6) is 0 Å². The molecule has 1 saturated heterocycles. The number of hydrogen-bond acceptors (Lipinski definition) is 5. The molecule has 1 aliphatic heterocycles. The standard InChI is InChI=1S/C14H22N4OS/c1-9(2)12-6-10(7-13(17-12)18-15)14(19)16-11-4-3-5-20-8-11/h6-7,9,11H,3-5,8,15H2,1-2H3,(H,16,19)(H,17,18). The highest BCUT2D eigenvalue weighted by molar-refractivity contribution is 7.99. The number of hydrazine groups is 1. The second kappa shape index (κ2) is 6.95. The summed E-state index contributed by atoms with van der Waals surface area (Å²) in [5.74, 6) is 8.35. The predicted molar refractivity (Wildman–Crippen MR) is 83.9 cm³/mol. The second-order valence-corrected chi connectivity index (χ2v) is 6.50. The van der Waals surface area contributed by atoms with Gasteiger partial charge in [-0.2, -0.15) is 11.8 Å². The van der Waals surface area contributed by atoms with Crippen LogP contribution >= 0.6 is 11.8 Å². The summed E-state index contributed by atoms with van der Waals surface area (Å²) in [5, 5.41) is 3.10. The summed E-state index contributed by atoms with van der Waals surface area (Å²) in [6.45, 7) is 4.09. The normalized spacial score (nSPS) is 18.9. The molecule has 0 aliphatic carbocycles. The Labute approximate surface area is 124 Å². The number of aromatic nitrogens is 1. The van der Waals surface area contributed by atoms with Gasteiger partial charge >= 0.3 is 0 Å². The van der Waals surface area contributed by atoms with Crippen LogP contribution in [0, 0.1) is 0 Å². The van der Waals surface area contributed by atoms with E-state index >= 15 is 0 Å². The summed E-state index contributed by atoms with van der Waals surface area (Å²) >= 11 is 1.90. The molecule has 0 spiro atoms. The minimum Gasteiger partial charge on any atom is -0.348 e. The molecule has 1 atom stereocenters. The van der Waals surface area contributed by atoms with Crippen LogP contribution in [0.15, 0.2) is 12.1 Å². The van der Waals surface area contributed by atoms with Gasteiger partial charge in [0, 0.05) is 23.1 Å². The molecule has 1 amide bonds. The van der Waals surface area contributed by atoms with Crippen molar-refractivity contribution in [3.8, 4) is 0 Å². The van der Waals surface area contributed by atoms with Crippen molar-refractivity contribution >= 4 is 23.5 Å². The number of carbonyl (C=O) groups excluding carboxylic acids is 1. The molecule has 2 heterocycles. The summed E-state index contributed by atoms with van der Waals surface area (Å²) in [6, 6.07) is 3.81. The minimum atomic E-state index is -0.0432. The van der Waals surface area contributed by atoms with Crippen LogP contribution in [0.25, 0.3) is 0 Å². The minimum absolute atomic E-state index is 0.0432. The average molecular weight is 294 g/mol. The number of nitrogen functional groups attached to an aromatic ring is 1. The third-order valence-corrected chi connectivity index (χ3v) is 4.56. The zero-order valence-electron chi connectivity index (χ0n) is 12.0. The van der Waals surface area contributed by atoms with Crippen LogP contribution in [-0.4, -0.2) is 28.4 Å². The van der Waals surface area contributed by atoms with Gasteiger partial charge in [0.1, 0.15) is 5.82 Å². The van der Waals surface area contributed by atoms with E-state index in [1.807, 2.05) is 31.7 Å². The number of nitrogens with one attached hydrogen (secondary N) is 2. The molecule has 4 N–H and O–H groups in total. The third-order valence-electron chi connectivity index (χ3n) is 3.34. The molecule has 5 nitrogen and oxygen atoms in total. The van der Waals surface area contributed by atoms with Gasteiger partial charge < -0.3 is 10.7 Å². The fourth-order valence-electron chi connectivity index (χ4n) is 2.18. The highest BCUT2D eigenvalue weighted by Crippen LogP contribution is 2.19. The zero-order valence-corrected chi connectivity index (χ0v) is 12.8. The zero-order chi connectivity index (χ0) is 14.5. The lowest BCUT2D eigenvalue weighted by atomic mass is 10.1. The molecular weight excluding hydrogens is 272 g/mol. The van der Waals surface area contributed by atoms with Gasteiger partial charge in [-0.25, -0.2) is 10.8 Å². The summed E-state index contributed by atoms with van der Waals surface area (Å²) in [7, 11) is 0. The molecule has 1 aromatic rings. The largest absolute Gasteiger partial charge is 0.348 e. The first kappa shape index (κ1) is 15.1. The van der Waals surface area contributed by atoms with Crippen LogP contribution in [0.2, 0.25) is 0 Å². The van der Waals surface area contributed by atoms with Crippen molar-refractivity contribution in [2.24, 2.45) is 5.84 Å². The molecule has 1 aliphatic rings. The molecule has 0 saturated carbocycles. The first-order valence-corrected chi connectivity index (χ1v) is 8.13. The van der Waals surface area contributed by atoms with Crippen molar-refractivity contribution in [1.82, 2.24) is 10.3 Å². The maximum atomic E-state index is 12.3. The molecule has 20 heavy (non-hydrogen) atoms. The van der Waals surface area contributed by atoms with Gasteiger partial charge in [0.05, 0.1) is 0 Å². The van der Waals surface area contributed by atoms with Crippen molar-refractivity contribution in [3.63, 3.8) is 0 Å². The Hall–Kier alpha value is -1.27. The third kappa shape index (κ3) is 3.86. The first-order valence-electron chi connectivity index (χ1n) is 6.97. The van der Waals surface area contributed by atoms with Gasteiger partial charge in [0.2, 0.25) is 0 Å². The molecule has 1 unspecified atom stereocenters. The average Bonchev–Trinajstić information content (AvgIpc) is 2.47. The lowest BCUT2D eigenvalue weighted by Gasteiger charge is -2.22. The lowest BCUT2D eigenvalue weighted by molar-refractivity contribution is 0.0938. The topological polar surface area (TPSA) is 80.0 Å². The fraction of sp³-hybridized carbons (Fsp3) is 0.571. The van der Waals surface area contributed by atoms with E-state index in [1.54, 1.807) is 6.07 Å². The maximum absolute atomic E-state index is 12.3. The Morgan fingerprint density at radius 2 is 2.30 bits per heavy atom. The molecule has 1 aromatic heterocycles. The molecule has 2 rings (SSSR count). The quantitative estimate of drug-likeness (QED) is 0.585. The molecule has 6 heteroatoms. The van der Waals surface area contributed by atoms with Crippen molar-refractivity contribution in [2.75, 3.05) is 16.9 Å². The first-order chi connectivity index (χ1) is 9.60. The number of nitrogens with two attached hydrogens (primary N) is 1. The Bertz CT molecular complexity index is 472. The van der Waals surface area contributed by atoms with E-state index in [1.165, 1.54) is 12.2 Å². The number of hydrogen-bond donors (Lipinski definition) is 3. The van der Waals surface area contributed by atoms with E-state index in [-0.39, 0.29) is 17.9 Å². The molecule has 110 valence electrons. The summed E-state index contributed by atoms with van der Waals surface area (Å²) in [6.07, 6.45) is 2.22. The van der Waals surface area contributed by atoms with Gasteiger partial charge in [0.25, 0.3) is 5.91 Å². The number of rotatable bonds is 4. The predicted octanol–water partition coefficient (Wildman–Crippen LogP) is 2.12. The SMILES string of the molecule is CC(C)c1cc(C(=O)NC2CCCSC2)cc(NN)n1. The van der Waals surface area contributed by atoms with E-state index in [2.05, 4.69) is 15.7 Å². The Balaban J connectivity index is 2.13. The van der Waals surface area contributed by atoms with Crippen molar-refractivity contribution in [3.05, 3.63) is 23.4 Å². The summed E-state index contributed by atoms with van der Waals surface area (Å²) < 4.78 is 0. The van der Waals surface area contributed by atoms with Gasteiger partial charge in [-0.05, 0) is 36.6 Å². The van der Waals surface area contributed by atoms with Gasteiger partial charge in [-0.1, -0.05) is 13.8 Å². The summed E-state index contributed by atoms with van der Waals surface area (Å²) in [4.78, 5) is 16.7. The van der Waals surface area contributed by atoms with Gasteiger partial charge in [-0.3, -0.25) is 4.79 Å². The molecule has 0 radical (unpaired) electrons. The number of anilines is 1. The molecule has 0 bridgehead atoms. The molecule has 0 aromatic carbocycles. The Kier molecular flexibility index (Phi) is 5.25. The number of amides is 1. The van der Waals surface area contributed by atoms with Gasteiger partial charge in [0.15, 0.2) is 0 Å². The van der Waals surface area contributed by atoms with Crippen molar-refractivity contribution < 1.29 is 4.79 Å². The van der Waals surface area contributed by atoms with Crippen LogP contribution in [0.3, 0.4) is 0 Å². The monoisotopic (exact) mass is 294 g/mol. The maximum Gasteiger partial charge on any atom is 0.251 e. The highest BCUT2D eigenvalue weighted by Gasteiger charge is 2.18. The van der Waals surface area contributed by atoms with Crippen LogP contribution in [-0.2, 0) is 0 Å². The molecule has 1 fully saturated rings. The van der Waals surface area contributed by atoms with E-state index in [9.17, 15) is 4.79 Å². The highest BCUT2D eigenvalue weighted by atomic mass is 32.2. The number of nitrogens with zero attached hydrogens (tertiary/aromatic N) is 1. The number of pyridine rings is 1. The number of carbonyl (C=O) groups is 1. The lowest BCUT2D eigenvalue weighted by Crippen LogP contribution is -2.38. The Morgan fingerprint density at radius 1 is 1.50 bits per heavy atom. The second-order valence-electron chi connectivity index (χ2n) is 5.35. The van der Waals surface area contributed by atoms with Gasteiger partial charge in [-0.15, -0.1) is 0 Å². The molecular formula is C14H22N4OS. The van der Waals surface area contributed by atoms with E-state index in [0.717, 1.165) is 17.9 Å². The fourth-order valence-corrected chi connectivity index (χ4v) is 3.25. The van der Waals surface area contributed by atoms with E-state index in [4.69, 9.17) is 5.84 Å². The van der Waals surface area contributed by atoms with Crippen LogP contribution in [0.1, 0.15) is 48.7 Å². The number of thioether (sulfide) groups is 1. The smallest absolute Gasteiger partial charge is 0.251 e.